The number of piperazine rings is 1. The molecule has 4 fully saturated rings. The van der Waals surface area contributed by atoms with Crippen molar-refractivity contribution < 1.29 is 4.79 Å². The summed E-state index contributed by atoms with van der Waals surface area (Å²) in [5.41, 5.74) is 5.77. The van der Waals surface area contributed by atoms with Gasteiger partial charge in [0, 0.05) is 64.1 Å². The Labute approximate surface area is 177 Å². The van der Waals surface area contributed by atoms with Gasteiger partial charge in [0.25, 0.3) is 0 Å². The maximum atomic E-state index is 12.6. The largest absolute Gasteiger partial charge is 0.349 e. The molecule has 2 aliphatic carbocycles. The third kappa shape index (κ3) is 4.10. The fourth-order valence-electron chi connectivity index (χ4n) is 5.60. The molecule has 2 amide bonds. The molecule has 1 aromatic rings. The number of fused-ring (bicyclic) bond motifs is 1. The average Bonchev–Trinajstić information content (AvgIpc) is 3.16. The van der Waals surface area contributed by atoms with E-state index in [2.05, 4.69) is 20.5 Å². The number of carbonyl (C=O) groups is 1. The summed E-state index contributed by atoms with van der Waals surface area (Å²) in [6.45, 7) is 6.44. The lowest BCUT2D eigenvalue weighted by molar-refractivity contribution is 0.190. The molecule has 0 spiro atoms. The predicted molar refractivity (Wildman–Crippen MR) is 114 cm³/mol. The first-order chi connectivity index (χ1) is 14.6. The normalized spacial score (nSPS) is 33.9. The SMILES string of the molecule is NC1C2CN(CC3CCC(n4ccc(NC(=O)N5CCNCC5)nc4=O)CC3)CC12. The van der Waals surface area contributed by atoms with Gasteiger partial charge in [0.2, 0.25) is 0 Å². The molecule has 0 bridgehead atoms. The zero-order valence-corrected chi connectivity index (χ0v) is 17.5. The number of anilines is 1. The lowest BCUT2D eigenvalue weighted by Crippen LogP contribution is -2.48. The Bertz CT molecular complexity index is 817. The number of aromatic nitrogens is 2. The maximum Gasteiger partial charge on any atom is 0.349 e. The molecule has 2 saturated carbocycles. The Morgan fingerprint density at radius 3 is 2.53 bits per heavy atom. The maximum absolute atomic E-state index is 12.6. The average molecular weight is 416 g/mol. The molecule has 9 nitrogen and oxygen atoms in total. The highest BCUT2D eigenvalue weighted by atomic mass is 16.2. The number of amides is 2. The van der Waals surface area contributed by atoms with Crippen molar-refractivity contribution in [1.29, 1.82) is 0 Å². The molecule has 2 aliphatic heterocycles. The van der Waals surface area contributed by atoms with Crippen molar-refractivity contribution in [2.75, 3.05) is 51.1 Å². The van der Waals surface area contributed by atoms with Crippen LogP contribution in [0.3, 0.4) is 0 Å². The van der Waals surface area contributed by atoms with Crippen LogP contribution in [-0.2, 0) is 0 Å². The van der Waals surface area contributed by atoms with Gasteiger partial charge in [-0.25, -0.2) is 9.59 Å². The van der Waals surface area contributed by atoms with Crippen molar-refractivity contribution >= 4 is 11.8 Å². The minimum atomic E-state index is -0.273. The lowest BCUT2D eigenvalue weighted by Gasteiger charge is -2.32. The Morgan fingerprint density at radius 2 is 1.87 bits per heavy atom. The highest BCUT2D eigenvalue weighted by Gasteiger charge is 2.53. The van der Waals surface area contributed by atoms with Crippen LogP contribution >= 0.6 is 0 Å². The van der Waals surface area contributed by atoms with Gasteiger partial charge in [-0.2, -0.15) is 4.98 Å². The highest BCUT2D eigenvalue weighted by molar-refractivity contribution is 5.88. The molecule has 2 atom stereocenters. The fourth-order valence-corrected chi connectivity index (χ4v) is 5.60. The van der Waals surface area contributed by atoms with E-state index in [-0.39, 0.29) is 17.8 Å². The van der Waals surface area contributed by atoms with Crippen LogP contribution < -0.4 is 22.1 Å². The minimum absolute atomic E-state index is 0.192. The first kappa shape index (κ1) is 20.0. The summed E-state index contributed by atoms with van der Waals surface area (Å²) in [4.78, 5) is 33.3. The first-order valence-electron chi connectivity index (χ1n) is 11.4. The summed E-state index contributed by atoms with van der Waals surface area (Å²) in [6.07, 6.45) is 6.12. The van der Waals surface area contributed by atoms with Gasteiger partial charge < -0.3 is 20.9 Å². The smallest absolute Gasteiger partial charge is 0.327 e. The number of carbonyl (C=O) groups excluding carboxylic acids is 1. The third-order valence-corrected chi connectivity index (χ3v) is 7.53. The predicted octanol–water partition coefficient (Wildman–Crippen LogP) is 0.301. The molecule has 4 N–H and O–H groups in total. The van der Waals surface area contributed by atoms with Crippen LogP contribution in [0, 0.1) is 17.8 Å². The van der Waals surface area contributed by atoms with E-state index in [1.807, 2.05) is 0 Å². The van der Waals surface area contributed by atoms with Crippen molar-refractivity contribution in [3.63, 3.8) is 0 Å². The van der Waals surface area contributed by atoms with Crippen LogP contribution in [0.4, 0.5) is 10.6 Å². The van der Waals surface area contributed by atoms with Crippen LogP contribution in [0.25, 0.3) is 0 Å². The molecule has 2 saturated heterocycles. The summed E-state index contributed by atoms with van der Waals surface area (Å²) in [6, 6.07) is 2.22. The number of rotatable bonds is 4. The van der Waals surface area contributed by atoms with E-state index >= 15 is 0 Å². The Balaban J connectivity index is 1.12. The van der Waals surface area contributed by atoms with Crippen LogP contribution in [0.2, 0.25) is 0 Å². The van der Waals surface area contributed by atoms with Gasteiger partial charge in [0.05, 0.1) is 0 Å². The van der Waals surface area contributed by atoms with E-state index in [1.165, 1.54) is 19.6 Å². The molecule has 0 aromatic carbocycles. The molecule has 3 heterocycles. The van der Waals surface area contributed by atoms with E-state index in [9.17, 15) is 9.59 Å². The van der Waals surface area contributed by atoms with Gasteiger partial charge in [-0.3, -0.25) is 9.88 Å². The number of hydrogen-bond acceptors (Lipinski definition) is 6. The lowest BCUT2D eigenvalue weighted by atomic mass is 9.85. The zero-order chi connectivity index (χ0) is 20.7. The molecule has 30 heavy (non-hydrogen) atoms. The highest BCUT2D eigenvalue weighted by Crippen LogP contribution is 2.44. The minimum Gasteiger partial charge on any atom is -0.327 e. The van der Waals surface area contributed by atoms with E-state index in [0.29, 0.717) is 24.9 Å². The standard InChI is InChI=1S/C21H33N7O2/c22-19-16-12-26(13-17(16)19)11-14-1-3-15(4-2-14)28-8-5-18(25-21(28)30)24-20(29)27-9-6-23-7-10-27/h5,8,14-17,19,23H,1-4,6-7,9-13,22H2,(H,24,25,29,30). The summed E-state index contributed by atoms with van der Waals surface area (Å²) < 4.78 is 1.75. The number of hydrogen-bond donors (Lipinski definition) is 3. The molecule has 2 unspecified atom stereocenters. The van der Waals surface area contributed by atoms with E-state index in [1.54, 1.807) is 21.7 Å². The van der Waals surface area contributed by atoms with E-state index < -0.39 is 0 Å². The van der Waals surface area contributed by atoms with Crippen molar-refractivity contribution in [2.45, 2.75) is 37.8 Å². The number of nitrogens with zero attached hydrogens (tertiary/aromatic N) is 4. The van der Waals surface area contributed by atoms with Crippen molar-refractivity contribution in [2.24, 2.45) is 23.5 Å². The number of piperidine rings is 1. The molecule has 164 valence electrons. The van der Waals surface area contributed by atoms with Gasteiger partial charge in [0.1, 0.15) is 5.82 Å². The van der Waals surface area contributed by atoms with Gasteiger partial charge in [-0.15, -0.1) is 0 Å². The van der Waals surface area contributed by atoms with E-state index in [0.717, 1.165) is 56.5 Å². The molecular weight excluding hydrogens is 382 g/mol. The molecule has 4 aliphatic rings. The first-order valence-corrected chi connectivity index (χ1v) is 11.4. The quantitative estimate of drug-likeness (QED) is 0.653. The van der Waals surface area contributed by atoms with Crippen LogP contribution in [0.15, 0.2) is 17.1 Å². The second-order valence-electron chi connectivity index (χ2n) is 9.47. The molecule has 9 heteroatoms. The monoisotopic (exact) mass is 415 g/mol. The van der Waals surface area contributed by atoms with Crippen molar-refractivity contribution in [3.8, 4) is 0 Å². The number of urea groups is 1. The Hall–Kier alpha value is -1.97. The van der Waals surface area contributed by atoms with Crippen LogP contribution in [0.1, 0.15) is 31.7 Å². The van der Waals surface area contributed by atoms with E-state index in [4.69, 9.17) is 5.73 Å². The van der Waals surface area contributed by atoms with Crippen molar-refractivity contribution in [1.82, 2.24) is 24.7 Å². The number of likely N-dealkylation sites (tertiary alicyclic amines) is 1. The third-order valence-electron chi connectivity index (χ3n) is 7.53. The summed E-state index contributed by atoms with van der Waals surface area (Å²) in [7, 11) is 0. The molecule has 0 radical (unpaired) electrons. The molecule has 1 aromatic heterocycles. The van der Waals surface area contributed by atoms with Gasteiger partial charge in [0.15, 0.2) is 0 Å². The van der Waals surface area contributed by atoms with Crippen LogP contribution in [-0.4, -0.2) is 77.2 Å². The van der Waals surface area contributed by atoms with Crippen molar-refractivity contribution in [3.05, 3.63) is 22.7 Å². The summed E-state index contributed by atoms with van der Waals surface area (Å²) in [5.74, 6) is 2.55. The Kier molecular flexibility index (Phi) is 5.51. The van der Waals surface area contributed by atoms with Gasteiger partial charge >= 0.3 is 11.7 Å². The van der Waals surface area contributed by atoms with Crippen LogP contribution in [0.5, 0.6) is 0 Å². The fraction of sp³-hybridized carbons (Fsp3) is 0.762. The zero-order valence-electron chi connectivity index (χ0n) is 17.5. The second-order valence-corrected chi connectivity index (χ2v) is 9.47. The number of nitrogens with two attached hydrogens (primary N) is 1. The summed E-state index contributed by atoms with van der Waals surface area (Å²) >= 11 is 0. The second kappa shape index (κ2) is 8.28. The van der Waals surface area contributed by atoms with Gasteiger partial charge in [-0.1, -0.05) is 0 Å². The molecule has 5 rings (SSSR count). The number of nitrogens with one attached hydrogen (secondary N) is 2. The Morgan fingerprint density at radius 1 is 1.17 bits per heavy atom. The summed E-state index contributed by atoms with van der Waals surface area (Å²) in [5, 5.41) is 5.98. The topological polar surface area (TPSA) is 109 Å². The van der Waals surface area contributed by atoms with Gasteiger partial charge in [-0.05, 0) is 49.5 Å². The molecular formula is C21H33N7O2.